The molecule has 1 amide bonds. The van der Waals surface area contributed by atoms with Gasteiger partial charge in [-0.1, -0.05) is 19.1 Å². The molecule has 5 heteroatoms. The number of carboxylic acid groups (broad SMARTS) is 1. The normalized spacial score (nSPS) is 11.9. The summed E-state index contributed by atoms with van der Waals surface area (Å²) in [6.45, 7) is 1.70. The fourth-order valence-corrected chi connectivity index (χ4v) is 1.92. The van der Waals surface area contributed by atoms with Crippen molar-refractivity contribution in [2.75, 3.05) is 12.8 Å². The molecular formula is C13H17NO3S. The van der Waals surface area contributed by atoms with Gasteiger partial charge in [0.25, 0.3) is 5.91 Å². The van der Waals surface area contributed by atoms with Crippen LogP contribution in [-0.4, -0.2) is 29.8 Å². The van der Waals surface area contributed by atoms with E-state index in [0.29, 0.717) is 5.56 Å². The van der Waals surface area contributed by atoms with Crippen molar-refractivity contribution < 1.29 is 14.7 Å². The van der Waals surface area contributed by atoms with E-state index < -0.39 is 11.9 Å². The molecule has 1 atom stereocenters. The lowest BCUT2D eigenvalue weighted by Gasteiger charge is -2.09. The number of carboxylic acids is 1. The number of carbonyl (C=O) groups is 2. The van der Waals surface area contributed by atoms with Gasteiger partial charge in [0, 0.05) is 17.9 Å². The summed E-state index contributed by atoms with van der Waals surface area (Å²) >= 11 is 1.69. The topological polar surface area (TPSA) is 66.4 Å². The summed E-state index contributed by atoms with van der Waals surface area (Å²) < 4.78 is 0. The second-order valence-electron chi connectivity index (χ2n) is 4.08. The molecular weight excluding hydrogens is 250 g/mol. The molecule has 1 aromatic carbocycles. The molecule has 0 aromatic heterocycles. The Balaban J connectivity index is 2.61. The number of thioether (sulfide) groups is 1. The molecule has 0 heterocycles. The average Bonchev–Trinajstić information content (AvgIpc) is 2.36. The van der Waals surface area contributed by atoms with Crippen LogP contribution in [0, 0.1) is 5.92 Å². The molecule has 1 rings (SSSR count). The third-order valence-corrected chi connectivity index (χ3v) is 3.11. The molecule has 0 bridgehead atoms. The number of amides is 1. The number of aliphatic carboxylic acids is 1. The highest BCUT2D eigenvalue weighted by molar-refractivity contribution is 7.97. The summed E-state index contributed by atoms with van der Waals surface area (Å²) in [7, 11) is 0. The molecule has 0 saturated carbocycles. The van der Waals surface area contributed by atoms with Crippen LogP contribution >= 0.6 is 11.8 Å². The summed E-state index contributed by atoms with van der Waals surface area (Å²) in [5.74, 6) is -0.868. The minimum Gasteiger partial charge on any atom is -0.481 e. The molecule has 0 aliphatic rings. The van der Waals surface area contributed by atoms with Gasteiger partial charge in [-0.15, -0.1) is 0 Å². The van der Waals surface area contributed by atoms with Crippen molar-refractivity contribution in [3.8, 4) is 0 Å². The Kier molecular flexibility index (Phi) is 5.71. The lowest BCUT2D eigenvalue weighted by atomic mass is 10.1. The number of benzene rings is 1. The standard InChI is InChI=1S/C13H17NO3S/c1-9(13(16)17)7-14-12(15)11-5-3-4-10(6-11)8-18-2/h3-6,9H,7-8H2,1-2H3,(H,14,15)(H,16,17). The largest absolute Gasteiger partial charge is 0.481 e. The Morgan fingerprint density at radius 1 is 1.44 bits per heavy atom. The highest BCUT2D eigenvalue weighted by Crippen LogP contribution is 2.11. The van der Waals surface area contributed by atoms with Crippen LogP contribution in [0.3, 0.4) is 0 Å². The highest BCUT2D eigenvalue weighted by atomic mass is 32.2. The molecule has 0 radical (unpaired) electrons. The zero-order valence-corrected chi connectivity index (χ0v) is 11.3. The second kappa shape index (κ2) is 7.06. The Morgan fingerprint density at radius 2 is 2.17 bits per heavy atom. The predicted octanol–water partition coefficient (Wildman–Crippen LogP) is 2.00. The number of hydrogen-bond donors (Lipinski definition) is 2. The van der Waals surface area contributed by atoms with Gasteiger partial charge >= 0.3 is 5.97 Å². The van der Waals surface area contributed by atoms with E-state index in [0.717, 1.165) is 11.3 Å². The minimum atomic E-state index is -0.911. The maximum absolute atomic E-state index is 11.8. The fraction of sp³-hybridized carbons (Fsp3) is 0.385. The van der Waals surface area contributed by atoms with Gasteiger partial charge in [0.15, 0.2) is 0 Å². The van der Waals surface area contributed by atoms with Crippen molar-refractivity contribution in [2.45, 2.75) is 12.7 Å². The predicted molar refractivity (Wildman–Crippen MR) is 72.8 cm³/mol. The summed E-state index contributed by atoms with van der Waals surface area (Å²) in [4.78, 5) is 22.5. The first-order valence-corrected chi connectivity index (χ1v) is 7.03. The van der Waals surface area contributed by atoms with Crippen LogP contribution in [0.25, 0.3) is 0 Å². The van der Waals surface area contributed by atoms with Crippen LogP contribution in [-0.2, 0) is 10.5 Å². The molecule has 0 fully saturated rings. The van der Waals surface area contributed by atoms with E-state index in [9.17, 15) is 9.59 Å². The van der Waals surface area contributed by atoms with Crippen LogP contribution in [0.4, 0.5) is 0 Å². The molecule has 0 aliphatic heterocycles. The molecule has 0 spiro atoms. The number of carbonyl (C=O) groups excluding carboxylic acids is 1. The lowest BCUT2D eigenvalue weighted by Crippen LogP contribution is -2.31. The Labute approximate surface area is 111 Å². The van der Waals surface area contributed by atoms with E-state index in [1.54, 1.807) is 24.8 Å². The smallest absolute Gasteiger partial charge is 0.308 e. The third kappa shape index (κ3) is 4.41. The first kappa shape index (κ1) is 14.6. The molecule has 98 valence electrons. The second-order valence-corrected chi connectivity index (χ2v) is 4.95. The van der Waals surface area contributed by atoms with E-state index in [2.05, 4.69) is 5.32 Å². The van der Waals surface area contributed by atoms with Crippen LogP contribution in [0.1, 0.15) is 22.8 Å². The molecule has 0 aliphatic carbocycles. The van der Waals surface area contributed by atoms with Crippen molar-refractivity contribution in [2.24, 2.45) is 5.92 Å². The van der Waals surface area contributed by atoms with E-state index in [1.165, 1.54) is 0 Å². The minimum absolute atomic E-state index is 0.140. The maximum atomic E-state index is 11.8. The first-order chi connectivity index (χ1) is 8.54. The highest BCUT2D eigenvalue weighted by Gasteiger charge is 2.13. The van der Waals surface area contributed by atoms with Crippen molar-refractivity contribution in [3.05, 3.63) is 35.4 Å². The summed E-state index contributed by atoms with van der Waals surface area (Å²) in [5, 5.41) is 11.3. The zero-order valence-electron chi connectivity index (χ0n) is 10.5. The van der Waals surface area contributed by atoms with Crippen LogP contribution in [0.2, 0.25) is 0 Å². The Hall–Kier alpha value is -1.49. The molecule has 18 heavy (non-hydrogen) atoms. The summed E-state index contributed by atoms with van der Waals surface area (Å²) in [5.41, 5.74) is 1.65. The average molecular weight is 267 g/mol. The number of rotatable bonds is 6. The summed E-state index contributed by atoms with van der Waals surface area (Å²) in [6.07, 6.45) is 2.00. The van der Waals surface area contributed by atoms with Crippen LogP contribution in [0.5, 0.6) is 0 Å². The number of nitrogens with one attached hydrogen (secondary N) is 1. The Morgan fingerprint density at radius 3 is 2.78 bits per heavy atom. The molecule has 1 aromatic rings. The first-order valence-electron chi connectivity index (χ1n) is 5.63. The van der Waals surface area contributed by atoms with E-state index in [1.807, 2.05) is 24.5 Å². The van der Waals surface area contributed by atoms with Gasteiger partial charge in [-0.25, -0.2) is 0 Å². The van der Waals surface area contributed by atoms with Gasteiger partial charge in [-0.3, -0.25) is 9.59 Å². The van der Waals surface area contributed by atoms with E-state index in [-0.39, 0.29) is 12.5 Å². The van der Waals surface area contributed by atoms with Crippen molar-refractivity contribution >= 4 is 23.6 Å². The third-order valence-electron chi connectivity index (χ3n) is 2.49. The molecule has 1 unspecified atom stereocenters. The SMILES string of the molecule is CSCc1cccc(C(=O)NCC(C)C(=O)O)c1. The van der Waals surface area contributed by atoms with Gasteiger partial charge in [0.2, 0.25) is 0 Å². The fourth-order valence-electron chi connectivity index (χ4n) is 1.40. The van der Waals surface area contributed by atoms with Gasteiger partial charge in [-0.2, -0.15) is 11.8 Å². The monoisotopic (exact) mass is 267 g/mol. The molecule has 2 N–H and O–H groups in total. The number of hydrogen-bond acceptors (Lipinski definition) is 3. The maximum Gasteiger partial charge on any atom is 0.308 e. The zero-order chi connectivity index (χ0) is 13.5. The van der Waals surface area contributed by atoms with Crippen LogP contribution in [0.15, 0.2) is 24.3 Å². The van der Waals surface area contributed by atoms with Gasteiger partial charge in [0.1, 0.15) is 0 Å². The summed E-state index contributed by atoms with van der Waals surface area (Å²) in [6, 6.07) is 7.36. The van der Waals surface area contributed by atoms with Crippen molar-refractivity contribution in [1.29, 1.82) is 0 Å². The van der Waals surface area contributed by atoms with Gasteiger partial charge in [0.05, 0.1) is 5.92 Å². The van der Waals surface area contributed by atoms with E-state index in [4.69, 9.17) is 5.11 Å². The van der Waals surface area contributed by atoms with Crippen LogP contribution < -0.4 is 5.32 Å². The van der Waals surface area contributed by atoms with Crippen molar-refractivity contribution in [3.63, 3.8) is 0 Å². The Bertz CT molecular complexity index is 434. The lowest BCUT2D eigenvalue weighted by molar-refractivity contribution is -0.140. The quantitative estimate of drug-likeness (QED) is 0.827. The molecule has 0 saturated heterocycles. The van der Waals surface area contributed by atoms with Crippen molar-refractivity contribution in [1.82, 2.24) is 5.32 Å². The molecule has 4 nitrogen and oxygen atoms in total. The van der Waals surface area contributed by atoms with Gasteiger partial charge < -0.3 is 10.4 Å². The van der Waals surface area contributed by atoms with E-state index >= 15 is 0 Å². The van der Waals surface area contributed by atoms with Gasteiger partial charge in [-0.05, 0) is 24.0 Å².